The van der Waals surface area contributed by atoms with E-state index in [0.717, 1.165) is 40.3 Å². The van der Waals surface area contributed by atoms with Gasteiger partial charge in [0, 0.05) is 42.0 Å². The van der Waals surface area contributed by atoms with Crippen LogP contribution in [-0.4, -0.2) is 25.3 Å². The zero-order valence-corrected chi connectivity index (χ0v) is 16.7. The summed E-state index contributed by atoms with van der Waals surface area (Å²) >= 11 is 0. The maximum atomic E-state index is 12.4. The number of ether oxygens (including phenoxy) is 3. The molecule has 0 radical (unpaired) electrons. The summed E-state index contributed by atoms with van der Waals surface area (Å²) in [6.07, 6.45) is 1.04. The van der Waals surface area contributed by atoms with Gasteiger partial charge < -0.3 is 24.8 Å². The smallest absolute Gasteiger partial charge is 0.319 e. The minimum Gasteiger partial charge on any atom is -0.494 e. The standard InChI is InChI=1S/C22H28N2O4/c1-4-26-14-16-8-6-7-9-19(16)24-22(25)23-13-18-12-21-17(10-15(3)28-21)11-20(18)27-5-2/h6-9,11-12,15H,4-5,10,13-14H2,1-3H3,(H2,23,24,25). The molecule has 0 bridgehead atoms. The molecule has 2 aromatic carbocycles. The Hall–Kier alpha value is -2.73. The van der Waals surface area contributed by atoms with Crippen molar-refractivity contribution in [1.29, 1.82) is 0 Å². The number of urea groups is 1. The third-order valence-electron chi connectivity index (χ3n) is 4.55. The molecule has 1 heterocycles. The van der Waals surface area contributed by atoms with E-state index in [9.17, 15) is 4.79 Å². The van der Waals surface area contributed by atoms with Crippen molar-refractivity contribution in [2.24, 2.45) is 0 Å². The van der Waals surface area contributed by atoms with E-state index in [2.05, 4.69) is 10.6 Å². The van der Waals surface area contributed by atoms with Gasteiger partial charge in [0.05, 0.1) is 13.2 Å². The molecular weight excluding hydrogens is 356 g/mol. The Morgan fingerprint density at radius 2 is 2.00 bits per heavy atom. The van der Waals surface area contributed by atoms with Gasteiger partial charge in [0.1, 0.15) is 17.6 Å². The number of carbonyl (C=O) groups is 1. The van der Waals surface area contributed by atoms with Crippen LogP contribution in [0.1, 0.15) is 37.5 Å². The van der Waals surface area contributed by atoms with Gasteiger partial charge in [-0.1, -0.05) is 18.2 Å². The summed E-state index contributed by atoms with van der Waals surface area (Å²) in [5.74, 6) is 1.66. The second kappa shape index (κ2) is 9.46. The molecule has 1 aliphatic rings. The first kappa shape index (κ1) is 20.0. The third kappa shape index (κ3) is 4.95. The van der Waals surface area contributed by atoms with Gasteiger partial charge in [0.25, 0.3) is 0 Å². The van der Waals surface area contributed by atoms with Gasteiger partial charge >= 0.3 is 6.03 Å². The van der Waals surface area contributed by atoms with Crippen LogP contribution in [0, 0.1) is 0 Å². The van der Waals surface area contributed by atoms with Crippen LogP contribution < -0.4 is 20.1 Å². The second-order valence-electron chi connectivity index (χ2n) is 6.74. The first-order valence-corrected chi connectivity index (χ1v) is 9.76. The fraction of sp³-hybridized carbons (Fsp3) is 0.409. The van der Waals surface area contributed by atoms with Crippen LogP contribution in [0.3, 0.4) is 0 Å². The maximum absolute atomic E-state index is 12.4. The molecule has 3 rings (SSSR count). The zero-order chi connectivity index (χ0) is 19.9. The summed E-state index contributed by atoms with van der Waals surface area (Å²) in [4.78, 5) is 12.4. The lowest BCUT2D eigenvalue weighted by molar-refractivity contribution is 0.134. The molecule has 6 heteroatoms. The Kier molecular flexibility index (Phi) is 6.76. The van der Waals surface area contributed by atoms with Gasteiger partial charge in [-0.15, -0.1) is 0 Å². The van der Waals surface area contributed by atoms with Crippen LogP contribution in [0.2, 0.25) is 0 Å². The van der Waals surface area contributed by atoms with Crippen molar-refractivity contribution in [3.8, 4) is 11.5 Å². The fourth-order valence-electron chi connectivity index (χ4n) is 3.23. The molecule has 0 spiro atoms. The van der Waals surface area contributed by atoms with Crippen LogP contribution in [0.15, 0.2) is 36.4 Å². The molecule has 28 heavy (non-hydrogen) atoms. The van der Waals surface area contributed by atoms with Gasteiger partial charge in [0.2, 0.25) is 0 Å². The van der Waals surface area contributed by atoms with Crippen LogP contribution in [0.4, 0.5) is 10.5 Å². The predicted molar refractivity (Wildman–Crippen MR) is 109 cm³/mol. The van der Waals surface area contributed by atoms with Gasteiger partial charge in [-0.2, -0.15) is 0 Å². The molecule has 1 atom stereocenters. The summed E-state index contributed by atoms with van der Waals surface area (Å²) in [6.45, 7) is 7.94. The van der Waals surface area contributed by atoms with Crippen LogP contribution in [0.5, 0.6) is 11.5 Å². The molecule has 0 fully saturated rings. The highest BCUT2D eigenvalue weighted by Crippen LogP contribution is 2.35. The van der Waals surface area contributed by atoms with E-state index in [1.54, 1.807) is 0 Å². The Morgan fingerprint density at radius 3 is 2.79 bits per heavy atom. The molecule has 150 valence electrons. The van der Waals surface area contributed by atoms with E-state index in [1.165, 1.54) is 0 Å². The highest BCUT2D eigenvalue weighted by Gasteiger charge is 2.22. The van der Waals surface area contributed by atoms with Crippen molar-refractivity contribution in [2.45, 2.75) is 46.4 Å². The summed E-state index contributed by atoms with van der Waals surface area (Å²) in [5, 5.41) is 5.80. The van der Waals surface area contributed by atoms with E-state index in [-0.39, 0.29) is 12.1 Å². The van der Waals surface area contributed by atoms with Crippen LogP contribution in [-0.2, 0) is 24.3 Å². The average Bonchev–Trinajstić information content (AvgIpc) is 3.04. The minimum atomic E-state index is -0.277. The first-order chi connectivity index (χ1) is 13.6. The summed E-state index contributed by atoms with van der Waals surface area (Å²) in [5.41, 5.74) is 3.72. The molecule has 0 aliphatic carbocycles. The van der Waals surface area contributed by atoms with Gasteiger partial charge in [-0.05, 0) is 39.0 Å². The summed E-state index contributed by atoms with van der Waals surface area (Å²) < 4.78 is 17.1. The van der Waals surface area contributed by atoms with Crippen molar-refractivity contribution in [2.75, 3.05) is 18.5 Å². The lowest BCUT2D eigenvalue weighted by Crippen LogP contribution is -2.28. The molecule has 1 unspecified atom stereocenters. The first-order valence-electron chi connectivity index (χ1n) is 9.76. The van der Waals surface area contributed by atoms with Crippen molar-refractivity contribution >= 4 is 11.7 Å². The molecule has 2 amide bonds. The minimum absolute atomic E-state index is 0.165. The number of hydrogen-bond acceptors (Lipinski definition) is 4. The average molecular weight is 384 g/mol. The fourth-order valence-corrected chi connectivity index (χ4v) is 3.23. The van der Waals surface area contributed by atoms with E-state index in [0.29, 0.717) is 26.4 Å². The van der Waals surface area contributed by atoms with E-state index >= 15 is 0 Å². The Balaban J connectivity index is 1.66. The molecule has 0 saturated heterocycles. The Morgan fingerprint density at radius 1 is 1.18 bits per heavy atom. The number of hydrogen-bond donors (Lipinski definition) is 2. The van der Waals surface area contributed by atoms with Gasteiger partial charge in [-0.3, -0.25) is 0 Å². The lowest BCUT2D eigenvalue weighted by Gasteiger charge is -2.15. The quantitative estimate of drug-likeness (QED) is 0.713. The molecule has 1 aliphatic heterocycles. The number of anilines is 1. The summed E-state index contributed by atoms with van der Waals surface area (Å²) in [6, 6.07) is 11.3. The number of para-hydroxylation sites is 1. The maximum Gasteiger partial charge on any atom is 0.319 e. The Labute approximate surface area is 166 Å². The zero-order valence-electron chi connectivity index (χ0n) is 16.7. The molecule has 6 nitrogen and oxygen atoms in total. The topological polar surface area (TPSA) is 68.8 Å². The molecule has 0 saturated carbocycles. The highest BCUT2D eigenvalue weighted by molar-refractivity contribution is 5.90. The number of fused-ring (bicyclic) bond motifs is 1. The highest BCUT2D eigenvalue weighted by atomic mass is 16.5. The van der Waals surface area contributed by atoms with Crippen LogP contribution in [0.25, 0.3) is 0 Å². The van der Waals surface area contributed by atoms with Crippen LogP contribution >= 0.6 is 0 Å². The van der Waals surface area contributed by atoms with E-state index in [4.69, 9.17) is 14.2 Å². The predicted octanol–water partition coefficient (Wildman–Crippen LogP) is 4.27. The van der Waals surface area contributed by atoms with Gasteiger partial charge in [0.15, 0.2) is 0 Å². The number of carbonyl (C=O) groups excluding carboxylic acids is 1. The monoisotopic (exact) mass is 384 g/mol. The lowest BCUT2D eigenvalue weighted by atomic mass is 10.1. The SMILES string of the molecule is CCOCc1ccccc1NC(=O)NCc1cc2c(cc1OCC)CC(C)O2. The number of nitrogens with one attached hydrogen (secondary N) is 2. The van der Waals surface area contributed by atoms with Crippen molar-refractivity contribution in [1.82, 2.24) is 5.32 Å². The molecule has 0 aromatic heterocycles. The van der Waals surface area contributed by atoms with Crippen molar-refractivity contribution in [3.05, 3.63) is 53.1 Å². The van der Waals surface area contributed by atoms with Crippen molar-refractivity contribution in [3.63, 3.8) is 0 Å². The van der Waals surface area contributed by atoms with E-state index in [1.807, 2.05) is 57.2 Å². The number of rotatable bonds is 8. The Bertz CT molecular complexity index is 822. The normalized spacial score (nSPS) is 14.9. The molecular formula is C22H28N2O4. The summed E-state index contributed by atoms with van der Waals surface area (Å²) in [7, 11) is 0. The second-order valence-corrected chi connectivity index (χ2v) is 6.74. The van der Waals surface area contributed by atoms with E-state index < -0.39 is 0 Å². The number of amides is 2. The molecule has 2 N–H and O–H groups in total. The molecule has 2 aromatic rings. The number of benzene rings is 2. The van der Waals surface area contributed by atoms with Crippen molar-refractivity contribution < 1.29 is 19.0 Å². The third-order valence-corrected chi connectivity index (χ3v) is 4.55. The largest absolute Gasteiger partial charge is 0.494 e. The van der Waals surface area contributed by atoms with Gasteiger partial charge in [-0.25, -0.2) is 4.79 Å².